The van der Waals surface area contributed by atoms with E-state index in [1.807, 2.05) is 0 Å². The number of halogens is 1. The largest absolute Gasteiger partial charge is 0.433 e. The van der Waals surface area contributed by atoms with Crippen molar-refractivity contribution in [1.82, 2.24) is 5.32 Å². The third-order valence-corrected chi connectivity index (χ3v) is 1.41. The predicted octanol–water partition coefficient (Wildman–Crippen LogP) is -0.759. The molecule has 13 heavy (non-hydrogen) atoms. The Bertz CT molecular complexity index is 75.0. The molecule has 0 bridgehead atoms. The summed E-state index contributed by atoms with van der Waals surface area (Å²) in [6.07, 6.45) is 5.26. The second kappa shape index (κ2) is 14.8. The van der Waals surface area contributed by atoms with Crippen LogP contribution in [0.4, 0.5) is 0 Å². The van der Waals surface area contributed by atoms with Crippen molar-refractivity contribution in [2.75, 3.05) is 13.1 Å². The van der Waals surface area contributed by atoms with Crippen molar-refractivity contribution in [2.45, 2.75) is 39.5 Å². The summed E-state index contributed by atoms with van der Waals surface area (Å²) in [5.41, 5.74) is 0. The molecule has 82 valence electrons. The van der Waals surface area contributed by atoms with Gasteiger partial charge in [0.15, 0.2) is 0 Å². The fraction of sp³-hybridized carbons (Fsp3) is 1.00. The van der Waals surface area contributed by atoms with Gasteiger partial charge in [-0.15, -0.1) is 0 Å². The quantitative estimate of drug-likeness (QED) is 0.614. The summed E-state index contributed by atoms with van der Waals surface area (Å²) in [5.74, 6) is 0. The highest BCUT2D eigenvalue weighted by molar-refractivity contribution is 4.45. The van der Waals surface area contributed by atoms with Crippen LogP contribution < -0.4 is 13.7 Å². The predicted molar refractivity (Wildman–Crippen MR) is 44.9 cm³/mol. The lowest BCUT2D eigenvalue weighted by molar-refractivity contribution is -1.63. The Morgan fingerprint density at radius 3 is 1.62 bits per heavy atom. The summed E-state index contributed by atoms with van der Waals surface area (Å²) < 4.78 is 24.3. The van der Waals surface area contributed by atoms with Crippen LogP contribution in [0, 0.1) is 14.8 Å². The Kier molecular flexibility index (Phi) is 18.0. The number of nitrogens with one attached hydrogen (secondary N) is 1. The molecule has 0 rings (SSSR count). The molecular weight excluding hydrogens is 238 g/mol. The second-order valence-corrected chi connectivity index (χ2v) is 3.50. The second-order valence-electron chi connectivity index (χ2n) is 2.66. The van der Waals surface area contributed by atoms with Gasteiger partial charge in [0, 0.05) is 0 Å². The summed E-state index contributed by atoms with van der Waals surface area (Å²) in [4.78, 5) is 0. The minimum Gasteiger partial charge on any atom is -0.372 e. The van der Waals surface area contributed by atoms with Crippen LogP contribution in [0.3, 0.4) is 0 Å². The van der Waals surface area contributed by atoms with Gasteiger partial charge >= 0.3 is 14.8 Å². The van der Waals surface area contributed by atoms with Gasteiger partial charge in [-0.1, -0.05) is 26.7 Å². The number of hydrogen-bond acceptors (Lipinski definition) is 4. The van der Waals surface area contributed by atoms with Gasteiger partial charge in [-0.2, -0.15) is 0 Å². The van der Waals surface area contributed by atoms with Crippen molar-refractivity contribution in [3.05, 3.63) is 0 Å². The molecule has 0 saturated carbocycles. The highest BCUT2D eigenvalue weighted by atomic mass is 80.0. The zero-order chi connectivity index (χ0) is 10.5. The molecule has 2 N–H and O–H groups in total. The van der Waals surface area contributed by atoms with E-state index in [2.05, 4.69) is 19.2 Å². The van der Waals surface area contributed by atoms with Crippen molar-refractivity contribution < 1.29 is 27.4 Å². The summed E-state index contributed by atoms with van der Waals surface area (Å²) in [7, 11) is 0. The highest BCUT2D eigenvalue weighted by Gasteiger charge is 1.86. The summed E-state index contributed by atoms with van der Waals surface area (Å²) >= 11 is -3.40. The van der Waals surface area contributed by atoms with Crippen molar-refractivity contribution in [2.24, 2.45) is 0 Å². The summed E-state index contributed by atoms with van der Waals surface area (Å²) in [5, 5.41) is 3.39. The Labute approximate surface area is 85.8 Å². The molecule has 0 aromatic heterocycles. The number of unbranched alkanes of at least 4 members (excludes halogenated alkanes) is 2. The maximum Gasteiger partial charge on any atom is 0.433 e. The molecule has 0 aromatic carbocycles. The SMILES string of the molecule is CCCCNCCCC.[O-][Br+2]([O-])O. The smallest absolute Gasteiger partial charge is 0.372 e. The van der Waals surface area contributed by atoms with Gasteiger partial charge in [-0.05, 0) is 30.1 Å². The maximum absolute atomic E-state index is 8.63. The van der Waals surface area contributed by atoms with Gasteiger partial charge in [0.25, 0.3) is 0 Å². The zero-order valence-corrected chi connectivity index (χ0v) is 9.97. The molecule has 0 saturated heterocycles. The van der Waals surface area contributed by atoms with E-state index in [9.17, 15) is 0 Å². The lowest BCUT2D eigenvalue weighted by Gasteiger charge is -1.99. The van der Waals surface area contributed by atoms with Crippen LogP contribution in [0.5, 0.6) is 0 Å². The maximum atomic E-state index is 8.63. The Balaban J connectivity index is 0. The molecule has 5 heteroatoms. The summed E-state index contributed by atoms with van der Waals surface area (Å²) in [6, 6.07) is 0. The molecule has 0 aliphatic heterocycles. The lowest BCUT2D eigenvalue weighted by Crippen LogP contribution is -2.30. The highest BCUT2D eigenvalue weighted by Crippen LogP contribution is 1.85. The van der Waals surface area contributed by atoms with E-state index < -0.39 is 14.8 Å². The Morgan fingerprint density at radius 2 is 1.38 bits per heavy atom. The van der Waals surface area contributed by atoms with E-state index in [-0.39, 0.29) is 0 Å². The monoisotopic (exact) mass is 257 g/mol. The molecule has 0 aliphatic rings. The van der Waals surface area contributed by atoms with Crippen LogP contribution in [-0.4, -0.2) is 17.3 Å². The molecular formula is C8H20BrNO3. The molecule has 0 fully saturated rings. The van der Waals surface area contributed by atoms with Gasteiger partial charge < -0.3 is 13.7 Å². The zero-order valence-electron chi connectivity index (χ0n) is 8.38. The Morgan fingerprint density at radius 1 is 1.08 bits per heavy atom. The van der Waals surface area contributed by atoms with Gasteiger partial charge in [0.05, 0.1) is 0 Å². The first kappa shape index (κ1) is 15.8. The van der Waals surface area contributed by atoms with Crippen molar-refractivity contribution in [3.8, 4) is 0 Å². The van der Waals surface area contributed by atoms with E-state index in [1.165, 1.54) is 38.8 Å². The normalized spacial score (nSPS) is 9.69. The van der Waals surface area contributed by atoms with Gasteiger partial charge in [-0.25, -0.2) is 0 Å². The average Bonchev–Trinajstić information content (AvgIpc) is 2.03. The molecule has 4 nitrogen and oxygen atoms in total. The fourth-order valence-electron chi connectivity index (χ4n) is 0.729. The number of rotatable bonds is 6. The average molecular weight is 258 g/mol. The van der Waals surface area contributed by atoms with Crippen molar-refractivity contribution in [1.29, 1.82) is 0 Å². The van der Waals surface area contributed by atoms with Crippen LogP contribution in [0.2, 0.25) is 0 Å². The van der Waals surface area contributed by atoms with E-state index in [1.54, 1.807) is 0 Å². The minimum atomic E-state index is -3.40. The van der Waals surface area contributed by atoms with Crippen LogP contribution in [0.1, 0.15) is 39.5 Å². The van der Waals surface area contributed by atoms with E-state index >= 15 is 0 Å². The minimum absolute atomic E-state index is 1.20. The van der Waals surface area contributed by atoms with Crippen molar-refractivity contribution >= 4 is 0 Å². The molecule has 0 heterocycles. The van der Waals surface area contributed by atoms with E-state index in [0.717, 1.165) is 0 Å². The van der Waals surface area contributed by atoms with Crippen LogP contribution in [-0.2, 0) is 0 Å². The summed E-state index contributed by atoms with van der Waals surface area (Å²) in [6.45, 7) is 6.86. The lowest BCUT2D eigenvalue weighted by atomic mass is 10.3. The third-order valence-electron chi connectivity index (χ3n) is 1.41. The van der Waals surface area contributed by atoms with Gasteiger partial charge in [-0.3, -0.25) is 0 Å². The van der Waals surface area contributed by atoms with Crippen LogP contribution >= 0.6 is 0 Å². The Hall–Kier alpha value is 0.320. The van der Waals surface area contributed by atoms with Crippen molar-refractivity contribution in [3.63, 3.8) is 0 Å². The first-order valence-corrected chi connectivity index (χ1v) is 6.60. The first-order valence-electron chi connectivity index (χ1n) is 4.60. The third kappa shape index (κ3) is 32.9. The van der Waals surface area contributed by atoms with E-state index in [0.29, 0.717) is 0 Å². The first-order chi connectivity index (χ1) is 6.15. The number of hydrogen-bond donors (Lipinski definition) is 2. The van der Waals surface area contributed by atoms with E-state index in [4.69, 9.17) is 12.6 Å². The molecule has 0 aliphatic carbocycles. The molecule has 0 radical (unpaired) electrons. The van der Waals surface area contributed by atoms with Crippen LogP contribution in [0.25, 0.3) is 0 Å². The van der Waals surface area contributed by atoms with Crippen LogP contribution in [0.15, 0.2) is 0 Å². The molecule has 0 spiro atoms. The topological polar surface area (TPSA) is 78.4 Å². The molecule has 0 unspecified atom stereocenters. The fourth-order valence-corrected chi connectivity index (χ4v) is 0.729. The molecule has 0 aromatic rings. The van der Waals surface area contributed by atoms with Gasteiger partial charge in [0.2, 0.25) is 0 Å². The molecule has 0 amide bonds. The molecule has 0 atom stereocenters. The van der Waals surface area contributed by atoms with Gasteiger partial charge in [0.1, 0.15) is 0 Å². The standard InChI is InChI=1S/C8H19N.BrHO3/c1-3-5-7-9-8-6-4-2;2-1(3)4/h9H,3-8H2,1-2H3;2H.